The number of aromatic amines is 1. The van der Waals surface area contributed by atoms with Crippen LogP contribution >= 0.6 is 0 Å². The van der Waals surface area contributed by atoms with Crippen molar-refractivity contribution in [3.63, 3.8) is 0 Å². The zero-order valence-corrected chi connectivity index (χ0v) is 19.1. The molecule has 0 unspecified atom stereocenters. The largest absolute Gasteiger partial charge is 0.354 e. The summed E-state index contributed by atoms with van der Waals surface area (Å²) in [6, 6.07) is 6.18. The average molecular weight is 468 g/mol. The number of hydrogen-bond acceptors (Lipinski definition) is 5. The van der Waals surface area contributed by atoms with E-state index in [9.17, 15) is 13.6 Å². The second-order valence-electron chi connectivity index (χ2n) is 8.92. The van der Waals surface area contributed by atoms with Crippen molar-refractivity contribution in [2.75, 3.05) is 5.32 Å². The number of aromatic nitrogens is 5. The first-order valence-electron chi connectivity index (χ1n) is 11.5. The van der Waals surface area contributed by atoms with Crippen molar-refractivity contribution in [3.05, 3.63) is 36.4 Å². The van der Waals surface area contributed by atoms with Crippen LogP contribution in [0.3, 0.4) is 0 Å². The number of benzene rings is 1. The summed E-state index contributed by atoms with van der Waals surface area (Å²) in [6.45, 7) is 2.90. The van der Waals surface area contributed by atoms with Crippen LogP contribution in [-0.4, -0.2) is 48.9 Å². The van der Waals surface area contributed by atoms with Crippen molar-refractivity contribution in [2.24, 2.45) is 0 Å². The number of carbonyl (C=O) groups excluding carboxylic acids is 1. The number of anilines is 1. The van der Waals surface area contributed by atoms with Crippen LogP contribution in [-0.2, 0) is 11.3 Å². The van der Waals surface area contributed by atoms with E-state index in [1.165, 1.54) is 0 Å². The Balaban J connectivity index is 1.36. The molecular weight excluding hydrogens is 440 g/mol. The molecule has 0 bridgehead atoms. The standard InChI is InChI=1S/C24H27F2N7O/c1-13-29-20-8-3-15(9-21(20)33(13)12-22(25)26)18-10-27-23-19(18)11-28-24(32-23)31-17-6-4-16(5-7-17)30-14(2)34/h3,8-11,16-17,22H,4-7,12H2,1-2H3,(H,30,34)(H2,27,28,31,32). The molecule has 178 valence electrons. The maximum absolute atomic E-state index is 13.1. The van der Waals surface area contributed by atoms with Gasteiger partial charge in [-0.2, -0.15) is 4.98 Å². The molecule has 3 aromatic heterocycles. The smallest absolute Gasteiger partial charge is 0.256 e. The van der Waals surface area contributed by atoms with E-state index in [0.717, 1.165) is 42.2 Å². The van der Waals surface area contributed by atoms with Gasteiger partial charge in [-0.1, -0.05) is 6.07 Å². The number of nitrogens with zero attached hydrogens (tertiary/aromatic N) is 4. The highest BCUT2D eigenvalue weighted by Gasteiger charge is 2.22. The minimum Gasteiger partial charge on any atom is -0.354 e. The number of aryl methyl sites for hydroxylation is 1. The second kappa shape index (κ2) is 9.00. The number of hydrogen-bond donors (Lipinski definition) is 3. The summed E-state index contributed by atoms with van der Waals surface area (Å²) < 4.78 is 27.7. The Hall–Kier alpha value is -3.56. The Morgan fingerprint density at radius 3 is 2.71 bits per heavy atom. The summed E-state index contributed by atoms with van der Waals surface area (Å²) >= 11 is 0. The summed E-state index contributed by atoms with van der Waals surface area (Å²) in [6.07, 6.45) is 4.93. The van der Waals surface area contributed by atoms with E-state index in [1.54, 1.807) is 24.6 Å². The molecule has 0 radical (unpaired) electrons. The molecule has 4 aromatic rings. The van der Waals surface area contributed by atoms with Crippen molar-refractivity contribution in [1.82, 2.24) is 29.8 Å². The first kappa shape index (κ1) is 22.2. The minimum atomic E-state index is -2.45. The highest BCUT2D eigenvalue weighted by atomic mass is 19.3. The van der Waals surface area contributed by atoms with Crippen LogP contribution in [0.1, 0.15) is 38.4 Å². The molecule has 3 heterocycles. The van der Waals surface area contributed by atoms with Gasteiger partial charge in [-0.3, -0.25) is 4.79 Å². The fraction of sp³-hybridized carbons (Fsp3) is 0.417. The highest BCUT2D eigenvalue weighted by Crippen LogP contribution is 2.31. The number of rotatable bonds is 6. The third-order valence-electron chi connectivity index (χ3n) is 6.47. The van der Waals surface area contributed by atoms with Crippen molar-refractivity contribution in [3.8, 4) is 11.1 Å². The monoisotopic (exact) mass is 467 g/mol. The molecule has 1 aliphatic carbocycles. The third kappa shape index (κ3) is 4.44. The summed E-state index contributed by atoms with van der Waals surface area (Å²) in [5.41, 5.74) is 3.87. The van der Waals surface area contributed by atoms with Crippen molar-refractivity contribution < 1.29 is 13.6 Å². The number of H-pyrrole nitrogens is 1. The molecule has 1 amide bonds. The minimum absolute atomic E-state index is 0.0144. The number of carbonyl (C=O) groups is 1. The lowest BCUT2D eigenvalue weighted by atomic mass is 9.91. The molecule has 1 aromatic carbocycles. The molecular formula is C24H27F2N7O. The van der Waals surface area contributed by atoms with E-state index in [0.29, 0.717) is 28.5 Å². The lowest BCUT2D eigenvalue weighted by Crippen LogP contribution is -2.39. The van der Waals surface area contributed by atoms with Gasteiger partial charge in [-0.25, -0.2) is 18.7 Å². The van der Waals surface area contributed by atoms with Crippen molar-refractivity contribution >= 4 is 33.9 Å². The second-order valence-corrected chi connectivity index (χ2v) is 8.92. The van der Waals surface area contributed by atoms with Gasteiger partial charge in [0, 0.05) is 42.4 Å². The van der Waals surface area contributed by atoms with Crippen LogP contribution in [0.5, 0.6) is 0 Å². The Morgan fingerprint density at radius 2 is 1.97 bits per heavy atom. The molecule has 34 heavy (non-hydrogen) atoms. The Kier molecular flexibility index (Phi) is 5.89. The fourth-order valence-electron chi connectivity index (χ4n) is 4.85. The maximum Gasteiger partial charge on any atom is 0.256 e. The average Bonchev–Trinajstić information content (AvgIpc) is 3.34. The molecule has 1 fully saturated rings. The van der Waals surface area contributed by atoms with Crippen LogP contribution < -0.4 is 10.6 Å². The zero-order valence-electron chi connectivity index (χ0n) is 19.1. The predicted molar refractivity (Wildman–Crippen MR) is 127 cm³/mol. The Bertz CT molecular complexity index is 1340. The van der Waals surface area contributed by atoms with Crippen LogP contribution in [0.2, 0.25) is 0 Å². The Morgan fingerprint density at radius 1 is 1.21 bits per heavy atom. The molecule has 0 saturated heterocycles. The van der Waals surface area contributed by atoms with E-state index < -0.39 is 6.43 Å². The molecule has 0 atom stereocenters. The fourth-order valence-corrected chi connectivity index (χ4v) is 4.85. The molecule has 5 rings (SSSR count). The zero-order chi connectivity index (χ0) is 23.8. The van der Waals surface area contributed by atoms with Crippen molar-refractivity contribution in [2.45, 2.75) is 64.6 Å². The quantitative estimate of drug-likeness (QED) is 0.390. The van der Waals surface area contributed by atoms with Gasteiger partial charge in [0.15, 0.2) is 0 Å². The Labute approximate surface area is 195 Å². The van der Waals surface area contributed by atoms with Gasteiger partial charge in [0.05, 0.1) is 17.6 Å². The SMILES string of the molecule is CC(=O)NC1CCC(Nc2ncc3c(-c4ccc5nc(C)n(CC(F)F)c5c4)c[nH]c3n2)CC1. The van der Waals surface area contributed by atoms with Gasteiger partial charge in [0.1, 0.15) is 11.5 Å². The number of fused-ring (bicyclic) bond motifs is 2. The molecule has 1 aliphatic rings. The van der Waals surface area contributed by atoms with Crippen LogP contribution in [0.25, 0.3) is 33.2 Å². The number of imidazole rings is 1. The molecule has 0 aliphatic heterocycles. The first-order chi connectivity index (χ1) is 16.4. The number of nitrogens with one attached hydrogen (secondary N) is 3. The lowest BCUT2D eigenvalue weighted by Gasteiger charge is -2.29. The van der Waals surface area contributed by atoms with E-state index in [1.807, 2.05) is 24.4 Å². The van der Waals surface area contributed by atoms with Gasteiger partial charge in [-0.05, 0) is 50.3 Å². The van der Waals surface area contributed by atoms with E-state index in [4.69, 9.17) is 0 Å². The molecule has 10 heteroatoms. The van der Waals surface area contributed by atoms with Gasteiger partial charge in [0.2, 0.25) is 11.9 Å². The van der Waals surface area contributed by atoms with E-state index >= 15 is 0 Å². The van der Waals surface area contributed by atoms with E-state index in [-0.39, 0.29) is 24.5 Å². The van der Waals surface area contributed by atoms with Crippen LogP contribution in [0.4, 0.5) is 14.7 Å². The van der Waals surface area contributed by atoms with Gasteiger partial charge >= 0.3 is 0 Å². The van der Waals surface area contributed by atoms with Crippen molar-refractivity contribution in [1.29, 1.82) is 0 Å². The first-order valence-corrected chi connectivity index (χ1v) is 11.5. The van der Waals surface area contributed by atoms with Gasteiger partial charge in [-0.15, -0.1) is 0 Å². The topological polar surface area (TPSA) is 101 Å². The highest BCUT2D eigenvalue weighted by molar-refractivity contribution is 5.95. The summed E-state index contributed by atoms with van der Waals surface area (Å²) in [7, 11) is 0. The third-order valence-corrected chi connectivity index (χ3v) is 6.47. The molecule has 0 spiro atoms. The van der Waals surface area contributed by atoms with Crippen LogP contribution in [0.15, 0.2) is 30.6 Å². The number of amides is 1. The number of alkyl halides is 2. The van der Waals surface area contributed by atoms with Crippen LogP contribution in [0, 0.1) is 6.92 Å². The summed E-state index contributed by atoms with van der Waals surface area (Å²) in [5, 5.41) is 7.26. The lowest BCUT2D eigenvalue weighted by molar-refractivity contribution is -0.119. The summed E-state index contributed by atoms with van der Waals surface area (Å²) in [5.74, 6) is 1.14. The summed E-state index contributed by atoms with van der Waals surface area (Å²) in [4.78, 5) is 28.0. The molecule has 1 saturated carbocycles. The number of halogens is 2. The predicted octanol–water partition coefficient (Wildman–Crippen LogP) is 4.41. The van der Waals surface area contributed by atoms with Gasteiger partial charge < -0.3 is 20.2 Å². The normalized spacial score (nSPS) is 18.6. The molecule has 8 nitrogen and oxygen atoms in total. The van der Waals surface area contributed by atoms with Gasteiger partial charge in [0.25, 0.3) is 6.43 Å². The van der Waals surface area contributed by atoms with E-state index in [2.05, 4.69) is 30.6 Å². The maximum atomic E-state index is 13.1. The molecule has 3 N–H and O–H groups in total.